The number of rotatable bonds is 3. The molecule has 0 amide bonds. The normalized spacial score (nSPS) is 11.5. The molecule has 3 heterocycles. The summed E-state index contributed by atoms with van der Waals surface area (Å²) in [5, 5.41) is 4.87. The second-order valence-electron chi connectivity index (χ2n) is 5.85. The van der Waals surface area contributed by atoms with Crippen molar-refractivity contribution < 1.29 is 0 Å². The number of hydrogen-bond acceptors (Lipinski definition) is 5. The summed E-state index contributed by atoms with van der Waals surface area (Å²) in [5.74, 6) is 0. The fourth-order valence-electron chi connectivity index (χ4n) is 3.02. The summed E-state index contributed by atoms with van der Waals surface area (Å²) >= 11 is 1.52. The summed E-state index contributed by atoms with van der Waals surface area (Å²) in [6.45, 7) is 0.755. The molecule has 0 unspecified atom stereocenters. The molecule has 0 fully saturated rings. The first-order valence-corrected chi connectivity index (χ1v) is 8.68. The zero-order chi connectivity index (χ0) is 16.8. The summed E-state index contributed by atoms with van der Waals surface area (Å²) in [6.07, 6.45) is 5.57. The molecule has 0 saturated carbocycles. The van der Waals surface area contributed by atoms with Crippen LogP contribution in [0, 0.1) is 0 Å². The van der Waals surface area contributed by atoms with Gasteiger partial charge in [0.15, 0.2) is 5.13 Å². The molecule has 7 heteroatoms. The molecule has 25 heavy (non-hydrogen) atoms. The van der Waals surface area contributed by atoms with Crippen molar-refractivity contribution >= 4 is 37.7 Å². The van der Waals surface area contributed by atoms with Crippen LogP contribution < -0.4 is 5.73 Å². The van der Waals surface area contributed by atoms with Gasteiger partial charge >= 0.3 is 0 Å². The van der Waals surface area contributed by atoms with Crippen molar-refractivity contribution in [3.05, 3.63) is 66.7 Å². The van der Waals surface area contributed by atoms with Crippen molar-refractivity contribution in [2.75, 3.05) is 5.73 Å². The van der Waals surface area contributed by atoms with E-state index in [0.717, 1.165) is 33.5 Å². The van der Waals surface area contributed by atoms with Crippen LogP contribution in [0.25, 0.3) is 26.9 Å². The first kappa shape index (κ1) is 14.2. The Morgan fingerprint density at radius 2 is 2.04 bits per heavy atom. The lowest BCUT2D eigenvalue weighted by Gasteiger charge is -2.06. The third-order valence-electron chi connectivity index (χ3n) is 4.20. The maximum atomic E-state index is 5.79. The van der Waals surface area contributed by atoms with Crippen molar-refractivity contribution in [1.82, 2.24) is 24.3 Å². The molecule has 2 aromatic carbocycles. The van der Waals surface area contributed by atoms with Crippen molar-refractivity contribution in [2.45, 2.75) is 6.54 Å². The predicted octanol–water partition coefficient (Wildman–Crippen LogP) is 3.46. The zero-order valence-corrected chi connectivity index (χ0v) is 14.0. The molecule has 0 bridgehead atoms. The van der Waals surface area contributed by atoms with Crippen molar-refractivity contribution in [2.24, 2.45) is 0 Å². The molecular formula is C18H14N6S. The highest BCUT2D eigenvalue weighted by Gasteiger charge is 2.07. The number of nitrogen functional groups attached to an aromatic ring is 1. The number of nitrogens with two attached hydrogens (primary N) is 1. The molecule has 0 saturated heterocycles. The average Bonchev–Trinajstić information content (AvgIpc) is 3.33. The summed E-state index contributed by atoms with van der Waals surface area (Å²) in [4.78, 5) is 8.85. The van der Waals surface area contributed by atoms with Gasteiger partial charge in [0.2, 0.25) is 0 Å². The van der Waals surface area contributed by atoms with Gasteiger partial charge < -0.3 is 10.3 Å². The van der Waals surface area contributed by atoms with Gasteiger partial charge in [-0.25, -0.2) is 14.6 Å². The van der Waals surface area contributed by atoms with E-state index < -0.39 is 0 Å². The highest BCUT2D eigenvalue weighted by molar-refractivity contribution is 7.22. The Morgan fingerprint density at radius 1 is 1.08 bits per heavy atom. The maximum Gasteiger partial charge on any atom is 0.181 e. The van der Waals surface area contributed by atoms with Crippen LogP contribution in [-0.2, 0) is 6.54 Å². The Labute approximate surface area is 147 Å². The van der Waals surface area contributed by atoms with Crippen LogP contribution in [0.15, 0.2) is 61.2 Å². The molecule has 122 valence electrons. The fraction of sp³-hybridized carbons (Fsp3) is 0.0556. The van der Waals surface area contributed by atoms with Gasteiger partial charge in [-0.05, 0) is 42.0 Å². The standard InChI is InChI=1S/C18H14N6S/c19-18-22-14-4-2-12(8-17(14)25-18)10-23-11-20-15-9-13(3-5-16(15)23)24-7-1-6-21-24/h1-9,11H,10H2,(H2,19,22). The smallest absolute Gasteiger partial charge is 0.181 e. The Morgan fingerprint density at radius 3 is 2.92 bits per heavy atom. The van der Waals surface area contributed by atoms with E-state index in [9.17, 15) is 0 Å². The largest absolute Gasteiger partial charge is 0.375 e. The molecular weight excluding hydrogens is 332 g/mol. The first-order chi connectivity index (χ1) is 12.3. The van der Waals surface area contributed by atoms with Crippen LogP contribution in [0.3, 0.4) is 0 Å². The van der Waals surface area contributed by atoms with E-state index in [-0.39, 0.29) is 0 Å². The second kappa shape index (κ2) is 5.42. The van der Waals surface area contributed by atoms with E-state index in [1.807, 2.05) is 35.4 Å². The van der Waals surface area contributed by atoms with Crippen molar-refractivity contribution in [3.8, 4) is 5.69 Å². The third-order valence-corrected chi connectivity index (χ3v) is 5.04. The molecule has 0 radical (unpaired) electrons. The fourth-order valence-corrected chi connectivity index (χ4v) is 3.82. The lowest BCUT2D eigenvalue weighted by Crippen LogP contribution is -1.98. The van der Waals surface area contributed by atoms with E-state index in [0.29, 0.717) is 5.13 Å². The van der Waals surface area contributed by atoms with Crippen LogP contribution in [-0.4, -0.2) is 24.3 Å². The van der Waals surface area contributed by atoms with Crippen LogP contribution in [0.2, 0.25) is 0 Å². The molecule has 5 rings (SSSR count). The molecule has 2 N–H and O–H groups in total. The van der Waals surface area contributed by atoms with E-state index >= 15 is 0 Å². The Hall–Kier alpha value is -3.19. The lowest BCUT2D eigenvalue weighted by molar-refractivity contribution is 0.825. The topological polar surface area (TPSA) is 74.5 Å². The molecule has 6 nitrogen and oxygen atoms in total. The molecule has 0 aliphatic carbocycles. The van der Waals surface area contributed by atoms with E-state index in [2.05, 4.69) is 43.9 Å². The number of hydrogen-bond donors (Lipinski definition) is 1. The highest BCUT2D eigenvalue weighted by Crippen LogP contribution is 2.25. The van der Waals surface area contributed by atoms with Gasteiger partial charge in [-0.1, -0.05) is 17.4 Å². The van der Waals surface area contributed by atoms with Gasteiger partial charge in [0, 0.05) is 18.9 Å². The average molecular weight is 346 g/mol. The molecule has 0 aliphatic heterocycles. The van der Waals surface area contributed by atoms with E-state index in [1.54, 1.807) is 6.20 Å². The van der Waals surface area contributed by atoms with Gasteiger partial charge in [0.05, 0.1) is 33.3 Å². The quantitative estimate of drug-likeness (QED) is 0.543. The van der Waals surface area contributed by atoms with Crippen LogP contribution >= 0.6 is 11.3 Å². The summed E-state index contributed by atoms with van der Waals surface area (Å²) < 4.78 is 5.09. The molecule has 5 aromatic rings. The van der Waals surface area contributed by atoms with Crippen molar-refractivity contribution in [3.63, 3.8) is 0 Å². The minimum atomic E-state index is 0.603. The summed E-state index contributed by atoms with van der Waals surface area (Å²) in [7, 11) is 0. The Balaban J connectivity index is 1.51. The minimum absolute atomic E-state index is 0.603. The lowest BCUT2D eigenvalue weighted by atomic mass is 10.2. The number of fused-ring (bicyclic) bond motifs is 2. The SMILES string of the molecule is Nc1nc2ccc(Cn3cnc4cc(-n5cccn5)ccc43)cc2s1. The number of aromatic nitrogens is 5. The third kappa shape index (κ3) is 2.45. The van der Waals surface area contributed by atoms with Gasteiger partial charge in [0.25, 0.3) is 0 Å². The van der Waals surface area contributed by atoms with Crippen LogP contribution in [0.5, 0.6) is 0 Å². The summed E-state index contributed by atoms with van der Waals surface area (Å²) in [6, 6.07) is 14.4. The van der Waals surface area contributed by atoms with E-state index in [1.165, 1.54) is 16.9 Å². The maximum absolute atomic E-state index is 5.79. The van der Waals surface area contributed by atoms with Crippen LogP contribution in [0.1, 0.15) is 5.56 Å². The number of nitrogens with zero attached hydrogens (tertiary/aromatic N) is 5. The van der Waals surface area contributed by atoms with Gasteiger partial charge in [0.1, 0.15) is 0 Å². The molecule has 0 atom stereocenters. The first-order valence-electron chi connectivity index (χ1n) is 7.86. The van der Waals surface area contributed by atoms with Gasteiger partial charge in [-0.2, -0.15) is 5.10 Å². The predicted molar refractivity (Wildman–Crippen MR) is 100.0 cm³/mol. The van der Waals surface area contributed by atoms with Crippen molar-refractivity contribution in [1.29, 1.82) is 0 Å². The number of anilines is 1. The monoisotopic (exact) mass is 346 g/mol. The molecule has 0 aliphatic rings. The highest BCUT2D eigenvalue weighted by atomic mass is 32.1. The molecule has 3 aromatic heterocycles. The van der Waals surface area contributed by atoms with E-state index in [4.69, 9.17) is 5.73 Å². The number of benzene rings is 2. The zero-order valence-electron chi connectivity index (χ0n) is 13.2. The Kier molecular flexibility index (Phi) is 3.07. The second-order valence-corrected chi connectivity index (χ2v) is 6.91. The molecule has 0 spiro atoms. The minimum Gasteiger partial charge on any atom is -0.375 e. The van der Waals surface area contributed by atoms with Gasteiger partial charge in [-0.3, -0.25) is 0 Å². The number of thiazole rings is 1. The number of imidazole rings is 1. The van der Waals surface area contributed by atoms with Gasteiger partial charge in [-0.15, -0.1) is 0 Å². The summed E-state index contributed by atoms with van der Waals surface area (Å²) in [5.41, 5.74) is 11.0. The van der Waals surface area contributed by atoms with Crippen LogP contribution in [0.4, 0.5) is 5.13 Å². The Bertz CT molecular complexity index is 1190.